The Bertz CT molecular complexity index is 520. The Morgan fingerprint density at radius 1 is 1.12 bits per heavy atom. The van der Waals surface area contributed by atoms with Crippen molar-refractivity contribution in [1.82, 2.24) is 10.3 Å². The van der Waals surface area contributed by atoms with Crippen LogP contribution < -0.4 is 10.1 Å². The highest BCUT2D eigenvalue weighted by Gasteiger charge is 2.25. The van der Waals surface area contributed by atoms with Crippen LogP contribution in [0.15, 0.2) is 18.3 Å². The molecule has 1 aliphatic heterocycles. The molecular weight excluding hydrogens is 308 g/mol. The number of aromatic nitrogens is 1. The Kier molecular flexibility index (Phi) is 5.91. The fourth-order valence-electron chi connectivity index (χ4n) is 3.17. The van der Waals surface area contributed by atoms with Crippen LogP contribution in [0.2, 0.25) is 0 Å². The van der Waals surface area contributed by atoms with Crippen LogP contribution in [0.5, 0.6) is 5.88 Å². The van der Waals surface area contributed by atoms with E-state index in [9.17, 15) is 4.79 Å². The zero-order chi connectivity index (χ0) is 16.8. The second-order valence-corrected chi connectivity index (χ2v) is 6.63. The van der Waals surface area contributed by atoms with Gasteiger partial charge in [0.15, 0.2) is 0 Å². The molecule has 1 N–H and O–H groups in total. The third-order valence-electron chi connectivity index (χ3n) is 4.61. The van der Waals surface area contributed by atoms with Gasteiger partial charge >= 0.3 is 6.09 Å². The standard InChI is InChI=1S/C18H26N2O4/c1-13-2-7-17(19-12-13)23-15-5-3-14(4-6-15)20-18(21)24-16-8-10-22-11-9-16/h2,7,12,14-16H,3-6,8-11H2,1H3,(H,20,21). The first kappa shape index (κ1) is 17.0. The van der Waals surface area contributed by atoms with Crippen molar-refractivity contribution >= 4 is 6.09 Å². The number of alkyl carbamates (subject to hydrolysis) is 1. The molecule has 2 aliphatic rings. The van der Waals surface area contributed by atoms with E-state index in [0.29, 0.717) is 19.1 Å². The number of nitrogens with one attached hydrogen (secondary N) is 1. The summed E-state index contributed by atoms with van der Waals surface area (Å²) in [5.74, 6) is 0.677. The zero-order valence-corrected chi connectivity index (χ0v) is 14.2. The molecule has 6 nitrogen and oxygen atoms in total. The number of carbonyl (C=O) groups is 1. The number of hydrogen-bond acceptors (Lipinski definition) is 5. The maximum Gasteiger partial charge on any atom is 0.407 e. The van der Waals surface area contributed by atoms with Crippen LogP contribution in [-0.2, 0) is 9.47 Å². The molecule has 0 bridgehead atoms. The van der Waals surface area contributed by atoms with Crippen molar-refractivity contribution in [2.75, 3.05) is 13.2 Å². The van der Waals surface area contributed by atoms with Crippen LogP contribution in [0.1, 0.15) is 44.1 Å². The quantitative estimate of drug-likeness (QED) is 0.917. The van der Waals surface area contributed by atoms with Crippen LogP contribution in [0.25, 0.3) is 0 Å². The number of pyridine rings is 1. The molecule has 6 heteroatoms. The number of hydrogen-bond donors (Lipinski definition) is 1. The van der Waals surface area contributed by atoms with E-state index in [1.54, 1.807) is 0 Å². The summed E-state index contributed by atoms with van der Waals surface area (Å²) in [5.41, 5.74) is 1.12. The zero-order valence-electron chi connectivity index (χ0n) is 14.2. The summed E-state index contributed by atoms with van der Waals surface area (Å²) >= 11 is 0. The molecule has 1 aromatic heterocycles. The van der Waals surface area contributed by atoms with Crippen molar-refractivity contribution < 1.29 is 19.0 Å². The summed E-state index contributed by atoms with van der Waals surface area (Å²) in [6.45, 7) is 3.36. The lowest BCUT2D eigenvalue weighted by Gasteiger charge is -2.30. The third kappa shape index (κ3) is 5.09. The van der Waals surface area contributed by atoms with E-state index in [2.05, 4.69) is 10.3 Å². The summed E-state index contributed by atoms with van der Waals surface area (Å²) in [6, 6.07) is 4.08. The largest absolute Gasteiger partial charge is 0.474 e. The fraction of sp³-hybridized carbons (Fsp3) is 0.667. The Balaban J connectivity index is 1.37. The third-order valence-corrected chi connectivity index (χ3v) is 4.61. The summed E-state index contributed by atoms with van der Waals surface area (Å²) in [5, 5.41) is 2.98. The SMILES string of the molecule is Cc1ccc(OC2CCC(NC(=O)OC3CCOCC3)CC2)nc1. The van der Waals surface area contributed by atoms with E-state index in [1.165, 1.54) is 0 Å². The first-order valence-electron chi connectivity index (χ1n) is 8.83. The Morgan fingerprint density at radius 2 is 1.88 bits per heavy atom. The van der Waals surface area contributed by atoms with Gasteiger partial charge in [-0.15, -0.1) is 0 Å². The van der Waals surface area contributed by atoms with E-state index < -0.39 is 0 Å². The first-order valence-corrected chi connectivity index (χ1v) is 8.83. The van der Waals surface area contributed by atoms with Gasteiger partial charge in [0.05, 0.1) is 13.2 Å². The Labute approximate surface area is 142 Å². The molecule has 3 rings (SSSR count). The summed E-state index contributed by atoms with van der Waals surface area (Å²) < 4.78 is 16.6. The fourth-order valence-corrected chi connectivity index (χ4v) is 3.17. The van der Waals surface area contributed by atoms with Crippen LogP contribution in [-0.4, -0.2) is 42.5 Å². The van der Waals surface area contributed by atoms with E-state index in [1.807, 2.05) is 25.3 Å². The van der Waals surface area contributed by atoms with Gasteiger partial charge in [-0.05, 0) is 38.2 Å². The van der Waals surface area contributed by atoms with Crippen LogP contribution in [0, 0.1) is 6.92 Å². The maximum atomic E-state index is 12.0. The average Bonchev–Trinajstić information content (AvgIpc) is 2.59. The molecule has 0 spiro atoms. The van der Waals surface area contributed by atoms with E-state index in [0.717, 1.165) is 44.1 Å². The molecule has 24 heavy (non-hydrogen) atoms. The number of amides is 1. The number of ether oxygens (including phenoxy) is 3. The van der Waals surface area contributed by atoms with Crippen molar-refractivity contribution in [3.05, 3.63) is 23.9 Å². The van der Waals surface area contributed by atoms with Gasteiger partial charge in [-0.25, -0.2) is 9.78 Å². The number of nitrogens with zero attached hydrogens (tertiary/aromatic N) is 1. The molecule has 2 fully saturated rings. The van der Waals surface area contributed by atoms with Crippen LogP contribution in [0.3, 0.4) is 0 Å². The van der Waals surface area contributed by atoms with Gasteiger partial charge < -0.3 is 19.5 Å². The van der Waals surface area contributed by atoms with E-state index >= 15 is 0 Å². The highest BCUT2D eigenvalue weighted by atomic mass is 16.6. The average molecular weight is 334 g/mol. The number of aryl methyl sites for hydroxylation is 1. The van der Waals surface area contributed by atoms with Crippen molar-refractivity contribution in [1.29, 1.82) is 0 Å². The van der Waals surface area contributed by atoms with Gasteiger partial charge in [0.25, 0.3) is 0 Å². The molecular formula is C18H26N2O4. The van der Waals surface area contributed by atoms with Crippen molar-refractivity contribution in [3.8, 4) is 5.88 Å². The van der Waals surface area contributed by atoms with Gasteiger partial charge in [-0.1, -0.05) is 6.07 Å². The van der Waals surface area contributed by atoms with Crippen molar-refractivity contribution in [3.63, 3.8) is 0 Å². The van der Waals surface area contributed by atoms with E-state index in [-0.39, 0.29) is 24.3 Å². The molecule has 1 saturated carbocycles. The van der Waals surface area contributed by atoms with Crippen LogP contribution in [0.4, 0.5) is 4.79 Å². The van der Waals surface area contributed by atoms with Gasteiger partial charge in [0, 0.05) is 31.1 Å². The van der Waals surface area contributed by atoms with E-state index in [4.69, 9.17) is 14.2 Å². The molecule has 0 atom stereocenters. The maximum absolute atomic E-state index is 12.0. The Hall–Kier alpha value is -1.82. The second kappa shape index (κ2) is 8.33. The molecule has 132 valence electrons. The molecule has 0 aromatic carbocycles. The first-order chi connectivity index (χ1) is 11.7. The predicted molar refractivity (Wildman–Crippen MR) is 89.1 cm³/mol. The van der Waals surface area contributed by atoms with Gasteiger partial charge in [-0.3, -0.25) is 0 Å². The lowest BCUT2D eigenvalue weighted by Crippen LogP contribution is -2.41. The van der Waals surface area contributed by atoms with Gasteiger partial charge in [0.2, 0.25) is 5.88 Å². The summed E-state index contributed by atoms with van der Waals surface area (Å²) in [6.07, 6.45) is 6.89. The monoisotopic (exact) mass is 334 g/mol. The lowest BCUT2D eigenvalue weighted by molar-refractivity contribution is -0.0000336. The molecule has 0 unspecified atom stereocenters. The van der Waals surface area contributed by atoms with Gasteiger partial charge in [-0.2, -0.15) is 0 Å². The molecule has 1 aliphatic carbocycles. The number of rotatable bonds is 4. The van der Waals surface area contributed by atoms with Crippen molar-refractivity contribution in [2.24, 2.45) is 0 Å². The molecule has 1 saturated heterocycles. The summed E-state index contributed by atoms with van der Waals surface area (Å²) in [4.78, 5) is 16.3. The molecule has 1 aromatic rings. The minimum Gasteiger partial charge on any atom is -0.474 e. The van der Waals surface area contributed by atoms with Crippen molar-refractivity contribution in [2.45, 2.75) is 63.7 Å². The highest BCUT2D eigenvalue weighted by molar-refractivity contribution is 5.67. The minimum atomic E-state index is -0.300. The predicted octanol–water partition coefficient (Wildman–Crippen LogP) is 2.99. The smallest absolute Gasteiger partial charge is 0.407 e. The normalized spacial score (nSPS) is 25.0. The summed E-state index contributed by atoms with van der Waals surface area (Å²) in [7, 11) is 0. The number of carbonyl (C=O) groups excluding carboxylic acids is 1. The highest BCUT2D eigenvalue weighted by Crippen LogP contribution is 2.23. The molecule has 2 heterocycles. The topological polar surface area (TPSA) is 69.7 Å². The Morgan fingerprint density at radius 3 is 2.54 bits per heavy atom. The van der Waals surface area contributed by atoms with Gasteiger partial charge in [0.1, 0.15) is 12.2 Å². The molecule has 1 amide bonds. The lowest BCUT2D eigenvalue weighted by atomic mass is 9.93. The second-order valence-electron chi connectivity index (χ2n) is 6.63. The molecule has 0 radical (unpaired) electrons. The van der Waals surface area contributed by atoms with Crippen LogP contribution >= 0.6 is 0 Å². The minimum absolute atomic E-state index is 0.00830.